The molecule has 0 spiro atoms. The molecule has 0 saturated heterocycles. The van der Waals surface area contributed by atoms with Crippen molar-refractivity contribution < 1.29 is 9.59 Å². The summed E-state index contributed by atoms with van der Waals surface area (Å²) in [4.78, 5) is 28.7. The lowest BCUT2D eigenvalue weighted by Gasteiger charge is -2.25. The summed E-state index contributed by atoms with van der Waals surface area (Å²) in [5, 5.41) is 6.79. The Bertz CT molecular complexity index is 667. The van der Waals surface area contributed by atoms with Gasteiger partial charge in [0.25, 0.3) is 0 Å². The molecule has 0 aliphatic carbocycles. The van der Waals surface area contributed by atoms with Crippen molar-refractivity contribution in [3.63, 3.8) is 0 Å². The molecule has 2 aromatic rings. The van der Waals surface area contributed by atoms with Crippen molar-refractivity contribution >= 4 is 11.8 Å². The van der Waals surface area contributed by atoms with E-state index in [1.165, 1.54) is 13.3 Å². The lowest BCUT2D eigenvalue weighted by atomic mass is 10.1. The van der Waals surface area contributed by atoms with Gasteiger partial charge in [0.1, 0.15) is 12.7 Å². The first-order valence-electron chi connectivity index (χ1n) is 7.94. The van der Waals surface area contributed by atoms with Gasteiger partial charge in [0.2, 0.25) is 11.8 Å². The highest BCUT2D eigenvalue weighted by Crippen LogP contribution is 2.21. The first-order valence-corrected chi connectivity index (χ1v) is 7.94. The van der Waals surface area contributed by atoms with Crippen LogP contribution in [-0.4, -0.2) is 45.1 Å². The molecule has 1 atom stereocenters. The summed E-state index contributed by atoms with van der Waals surface area (Å²) in [6.45, 7) is 3.99. The SMILES string of the molecule is CC(=O)NCCCC(=O)N(C)[C@H](C)c1ccc(-n2cncn2)cc1. The Morgan fingerprint density at radius 1 is 1.29 bits per heavy atom. The Morgan fingerprint density at radius 3 is 2.58 bits per heavy atom. The number of carbonyl (C=O) groups excluding carboxylic acids is 2. The molecule has 2 amide bonds. The second-order valence-electron chi connectivity index (χ2n) is 5.70. The summed E-state index contributed by atoms with van der Waals surface area (Å²) in [7, 11) is 1.80. The van der Waals surface area contributed by atoms with Crippen LogP contribution in [0, 0.1) is 0 Å². The lowest BCUT2D eigenvalue weighted by Crippen LogP contribution is -2.30. The number of hydrogen-bond donors (Lipinski definition) is 1. The molecule has 128 valence electrons. The largest absolute Gasteiger partial charge is 0.356 e. The zero-order valence-corrected chi connectivity index (χ0v) is 14.3. The van der Waals surface area contributed by atoms with Crippen LogP contribution in [0.2, 0.25) is 0 Å². The van der Waals surface area contributed by atoms with Crippen molar-refractivity contribution in [1.29, 1.82) is 0 Å². The average Bonchev–Trinajstić information content (AvgIpc) is 3.11. The van der Waals surface area contributed by atoms with Gasteiger partial charge in [-0.25, -0.2) is 9.67 Å². The fourth-order valence-electron chi connectivity index (χ4n) is 2.37. The molecule has 0 radical (unpaired) electrons. The number of carbonyl (C=O) groups is 2. The van der Waals surface area contributed by atoms with Gasteiger partial charge in [0.05, 0.1) is 11.7 Å². The number of nitrogens with zero attached hydrogens (tertiary/aromatic N) is 4. The number of hydrogen-bond acceptors (Lipinski definition) is 4. The maximum atomic E-state index is 12.2. The zero-order valence-electron chi connectivity index (χ0n) is 14.3. The molecule has 1 aromatic carbocycles. The van der Waals surface area contributed by atoms with Crippen LogP contribution >= 0.6 is 0 Å². The molecule has 7 heteroatoms. The van der Waals surface area contributed by atoms with Crippen molar-refractivity contribution in [3.05, 3.63) is 42.5 Å². The molecule has 0 aliphatic heterocycles. The number of nitrogens with one attached hydrogen (secondary N) is 1. The van der Waals surface area contributed by atoms with E-state index in [1.807, 2.05) is 31.2 Å². The Balaban J connectivity index is 1.91. The van der Waals surface area contributed by atoms with Crippen molar-refractivity contribution in [2.24, 2.45) is 0 Å². The molecule has 0 saturated carbocycles. The normalized spacial score (nSPS) is 11.8. The van der Waals surface area contributed by atoms with E-state index in [1.54, 1.807) is 23.0 Å². The summed E-state index contributed by atoms with van der Waals surface area (Å²) in [6.07, 6.45) is 4.19. The molecule has 24 heavy (non-hydrogen) atoms. The van der Waals surface area contributed by atoms with Gasteiger partial charge in [-0.1, -0.05) is 12.1 Å². The highest BCUT2D eigenvalue weighted by atomic mass is 16.2. The zero-order chi connectivity index (χ0) is 17.5. The number of benzene rings is 1. The van der Waals surface area contributed by atoms with Crippen LogP contribution in [0.25, 0.3) is 5.69 Å². The third kappa shape index (κ3) is 4.65. The maximum Gasteiger partial charge on any atom is 0.222 e. The predicted octanol–water partition coefficient (Wildman–Crippen LogP) is 1.70. The Kier molecular flexibility index (Phi) is 6.06. The molecule has 0 unspecified atom stereocenters. The van der Waals surface area contributed by atoms with E-state index >= 15 is 0 Å². The second kappa shape index (κ2) is 8.24. The number of rotatable bonds is 7. The first-order chi connectivity index (χ1) is 11.5. The van der Waals surface area contributed by atoms with Gasteiger partial charge < -0.3 is 10.2 Å². The molecule has 0 bridgehead atoms. The molecule has 1 N–H and O–H groups in total. The van der Waals surface area contributed by atoms with E-state index in [0.717, 1.165) is 11.3 Å². The van der Waals surface area contributed by atoms with E-state index in [2.05, 4.69) is 15.4 Å². The average molecular weight is 329 g/mol. The van der Waals surface area contributed by atoms with Crippen molar-refractivity contribution in [2.75, 3.05) is 13.6 Å². The topological polar surface area (TPSA) is 80.1 Å². The number of aromatic nitrogens is 3. The van der Waals surface area contributed by atoms with Crippen LogP contribution in [-0.2, 0) is 9.59 Å². The van der Waals surface area contributed by atoms with E-state index in [4.69, 9.17) is 0 Å². The summed E-state index contributed by atoms with van der Waals surface area (Å²) >= 11 is 0. The lowest BCUT2D eigenvalue weighted by molar-refractivity contribution is -0.132. The van der Waals surface area contributed by atoms with Crippen LogP contribution < -0.4 is 5.32 Å². The monoisotopic (exact) mass is 329 g/mol. The van der Waals surface area contributed by atoms with Crippen molar-refractivity contribution in [2.45, 2.75) is 32.7 Å². The van der Waals surface area contributed by atoms with Crippen LogP contribution in [0.15, 0.2) is 36.9 Å². The second-order valence-corrected chi connectivity index (χ2v) is 5.70. The van der Waals surface area contributed by atoms with Gasteiger partial charge in [0, 0.05) is 26.9 Å². The molecular formula is C17H23N5O2. The predicted molar refractivity (Wildman–Crippen MR) is 90.5 cm³/mol. The number of amides is 2. The summed E-state index contributed by atoms with van der Waals surface area (Å²) in [6, 6.07) is 7.86. The Hall–Kier alpha value is -2.70. The van der Waals surface area contributed by atoms with Crippen LogP contribution in [0.1, 0.15) is 38.3 Å². The smallest absolute Gasteiger partial charge is 0.222 e. The molecule has 1 aromatic heterocycles. The molecule has 0 aliphatic rings. The minimum atomic E-state index is -0.0726. The molecular weight excluding hydrogens is 306 g/mol. The Labute approximate surface area is 141 Å². The fraction of sp³-hybridized carbons (Fsp3) is 0.412. The van der Waals surface area contributed by atoms with E-state index in [9.17, 15) is 9.59 Å². The molecule has 1 heterocycles. The molecule has 7 nitrogen and oxygen atoms in total. The third-order valence-electron chi connectivity index (χ3n) is 3.97. The minimum Gasteiger partial charge on any atom is -0.356 e. The van der Waals surface area contributed by atoms with Crippen molar-refractivity contribution in [1.82, 2.24) is 25.0 Å². The summed E-state index contributed by atoms with van der Waals surface area (Å²) < 4.78 is 1.69. The molecule has 0 fully saturated rings. The van der Waals surface area contributed by atoms with Gasteiger partial charge in [-0.05, 0) is 31.0 Å². The van der Waals surface area contributed by atoms with E-state index in [-0.39, 0.29) is 17.9 Å². The van der Waals surface area contributed by atoms with Gasteiger partial charge in [-0.15, -0.1) is 0 Å². The minimum absolute atomic E-state index is 0.0249. The maximum absolute atomic E-state index is 12.2. The van der Waals surface area contributed by atoms with E-state index in [0.29, 0.717) is 19.4 Å². The quantitative estimate of drug-likeness (QED) is 0.784. The van der Waals surface area contributed by atoms with Crippen LogP contribution in [0.4, 0.5) is 0 Å². The van der Waals surface area contributed by atoms with Gasteiger partial charge in [-0.2, -0.15) is 5.10 Å². The van der Waals surface area contributed by atoms with Gasteiger partial charge in [0.15, 0.2) is 0 Å². The fourth-order valence-corrected chi connectivity index (χ4v) is 2.37. The van der Waals surface area contributed by atoms with Crippen molar-refractivity contribution in [3.8, 4) is 5.69 Å². The standard InChI is InChI=1S/C17H23N5O2/c1-13(21(3)17(24)5-4-10-19-14(2)23)15-6-8-16(9-7-15)22-12-18-11-20-22/h6-9,11-13H,4-5,10H2,1-3H3,(H,19,23)/t13-/m1/s1. The van der Waals surface area contributed by atoms with Crippen LogP contribution in [0.5, 0.6) is 0 Å². The molecule has 2 rings (SSSR count). The third-order valence-corrected chi connectivity index (χ3v) is 3.97. The van der Waals surface area contributed by atoms with Crippen LogP contribution in [0.3, 0.4) is 0 Å². The van der Waals surface area contributed by atoms with E-state index < -0.39 is 0 Å². The summed E-state index contributed by atoms with van der Waals surface area (Å²) in [5.41, 5.74) is 1.98. The highest BCUT2D eigenvalue weighted by molar-refractivity contribution is 5.76. The highest BCUT2D eigenvalue weighted by Gasteiger charge is 2.17. The van der Waals surface area contributed by atoms with Gasteiger partial charge >= 0.3 is 0 Å². The van der Waals surface area contributed by atoms with Gasteiger partial charge in [-0.3, -0.25) is 9.59 Å². The Morgan fingerprint density at radius 2 is 2.00 bits per heavy atom. The first kappa shape index (κ1) is 17.7. The summed E-state index contributed by atoms with van der Waals surface area (Å²) in [5.74, 6) is -0.00940.